The molecule has 42 heavy (non-hydrogen) atoms. The third-order valence-electron chi connectivity index (χ3n) is 5.89. The zero-order valence-electron chi connectivity index (χ0n) is 22.0. The van der Waals surface area contributed by atoms with Crippen LogP contribution in [0.25, 0.3) is 21.8 Å². The van der Waals surface area contributed by atoms with E-state index in [-0.39, 0.29) is 20.3 Å². The summed E-state index contributed by atoms with van der Waals surface area (Å²) < 4.78 is 59.3. The van der Waals surface area contributed by atoms with E-state index < -0.39 is 28.3 Å². The molecule has 0 aliphatic carbocycles. The number of esters is 1. The first-order valence-corrected chi connectivity index (χ1v) is 13.4. The van der Waals surface area contributed by atoms with Crippen LogP contribution in [0.15, 0.2) is 84.9 Å². The van der Waals surface area contributed by atoms with Gasteiger partial charge in [0.1, 0.15) is 25.3 Å². The number of hydrogen-bond donors (Lipinski definition) is 0. The Kier molecular flexibility index (Phi) is 9.54. The lowest BCUT2D eigenvalue weighted by molar-refractivity contribution is -0.617. The van der Waals surface area contributed by atoms with Crippen LogP contribution in [-0.4, -0.2) is 56.0 Å². The lowest BCUT2D eigenvalue weighted by Crippen LogP contribution is -2.32. The fourth-order valence-electron chi connectivity index (χ4n) is 4.11. The molecule has 2 heterocycles. The highest BCUT2D eigenvalue weighted by Crippen LogP contribution is 2.29. The fraction of sp³-hybridized carbons (Fsp3) is 0.143. The highest BCUT2D eigenvalue weighted by Gasteiger charge is 2.25. The molecule has 0 spiro atoms. The van der Waals surface area contributed by atoms with Gasteiger partial charge in [0.2, 0.25) is 11.0 Å². The van der Waals surface area contributed by atoms with E-state index in [2.05, 4.69) is 0 Å². The zero-order valence-corrected chi connectivity index (χ0v) is 22.8. The standard InChI is InChI=1S/C28H23N2O7.FHO3S/c1-29-23-10-6-5-9-21(23)27(28(33)37-19-7-3-2-4-8-19)22-15-20(11-12-24(22)29)36-18-35-17-34-16-30-25(31)13-14-26(30)32;1-5(2,3)4/h2-15H,16-18H2,1H3;(H,2,3,4)/q+1;/p-1. The number of aromatic nitrogens is 1. The summed E-state index contributed by atoms with van der Waals surface area (Å²) in [7, 11) is -3.48. The maximum atomic E-state index is 13.4. The first-order valence-electron chi connectivity index (χ1n) is 12.1. The van der Waals surface area contributed by atoms with Crippen molar-refractivity contribution in [2.24, 2.45) is 7.05 Å². The number of carbonyl (C=O) groups excluding carboxylic acids is 3. The number of benzene rings is 3. The minimum Gasteiger partial charge on any atom is -0.722 e. The largest absolute Gasteiger partial charge is 0.722 e. The maximum Gasteiger partial charge on any atom is 0.345 e. The molecule has 12 nitrogen and oxygen atoms in total. The summed E-state index contributed by atoms with van der Waals surface area (Å²) in [5, 5.41) is 1.41. The number of aryl methyl sites for hydroxylation is 1. The molecular weight excluding hydrogens is 575 g/mol. The topological polar surface area (TPSA) is 152 Å². The van der Waals surface area contributed by atoms with Gasteiger partial charge in [0.05, 0.1) is 16.3 Å². The van der Waals surface area contributed by atoms with Crippen molar-refractivity contribution in [2.75, 3.05) is 20.3 Å². The van der Waals surface area contributed by atoms with E-state index in [9.17, 15) is 18.3 Å². The first-order chi connectivity index (χ1) is 20.0. The van der Waals surface area contributed by atoms with Crippen molar-refractivity contribution in [1.29, 1.82) is 0 Å². The molecule has 0 bridgehead atoms. The molecule has 0 unspecified atom stereocenters. The molecule has 218 valence electrons. The highest BCUT2D eigenvalue weighted by molar-refractivity contribution is 7.80. The number of rotatable bonds is 9. The van der Waals surface area contributed by atoms with Gasteiger partial charge in [-0.05, 0) is 30.3 Å². The number of fused-ring (bicyclic) bond motifs is 2. The summed E-state index contributed by atoms with van der Waals surface area (Å²) in [4.78, 5) is 37.4. The minimum atomic E-state index is -5.42. The van der Waals surface area contributed by atoms with Crippen molar-refractivity contribution >= 4 is 50.1 Å². The number of pyridine rings is 1. The molecule has 0 fully saturated rings. The summed E-state index contributed by atoms with van der Waals surface area (Å²) in [5.74, 6) is -0.410. The van der Waals surface area contributed by atoms with Gasteiger partial charge in [0, 0.05) is 24.3 Å². The molecule has 5 rings (SSSR count). The Balaban J connectivity index is 0.000000748. The fourth-order valence-corrected chi connectivity index (χ4v) is 4.11. The third kappa shape index (κ3) is 7.70. The van der Waals surface area contributed by atoms with Gasteiger partial charge in [-0.15, -0.1) is 3.89 Å². The van der Waals surface area contributed by atoms with E-state index in [4.69, 9.17) is 31.9 Å². The number of halogens is 1. The van der Waals surface area contributed by atoms with Crippen molar-refractivity contribution in [2.45, 2.75) is 0 Å². The number of carbonyl (C=O) groups is 3. The molecule has 0 atom stereocenters. The van der Waals surface area contributed by atoms with Crippen LogP contribution in [0.4, 0.5) is 3.89 Å². The molecule has 1 aliphatic heterocycles. The van der Waals surface area contributed by atoms with E-state index in [0.29, 0.717) is 22.4 Å². The number of ether oxygens (including phenoxy) is 4. The summed E-state index contributed by atoms with van der Waals surface area (Å²) in [5.41, 5.74) is 2.13. The van der Waals surface area contributed by atoms with Crippen LogP contribution in [0, 0.1) is 0 Å². The Morgan fingerprint density at radius 3 is 2.17 bits per heavy atom. The van der Waals surface area contributed by atoms with Crippen molar-refractivity contribution in [3.05, 3.63) is 90.5 Å². The Morgan fingerprint density at radius 2 is 1.48 bits per heavy atom. The average Bonchev–Trinajstić information content (AvgIpc) is 3.27. The minimum absolute atomic E-state index is 0.144. The second-order valence-electron chi connectivity index (χ2n) is 8.58. The van der Waals surface area contributed by atoms with Crippen LogP contribution in [0.5, 0.6) is 11.5 Å². The second kappa shape index (κ2) is 13.3. The van der Waals surface area contributed by atoms with Crippen molar-refractivity contribution in [1.82, 2.24) is 4.90 Å². The quantitative estimate of drug-likeness (QED) is 0.0324. The Morgan fingerprint density at radius 1 is 0.857 bits per heavy atom. The molecule has 14 heteroatoms. The average molecular weight is 599 g/mol. The summed E-state index contributed by atoms with van der Waals surface area (Å²) in [6, 6.07) is 22.0. The molecule has 2 amide bonds. The Bertz CT molecular complexity index is 1750. The predicted octanol–water partition coefficient (Wildman–Crippen LogP) is 2.66. The van der Waals surface area contributed by atoms with Crippen LogP contribution in [0.2, 0.25) is 0 Å². The molecule has 0 N–H and O–H groups in total. The van der Waals surface area contributed by atoms with Crippen LogP contribution in [0.1, 0.15) is 10.4 Å². The maximum absolute atomic E-state index is 13.4. The molecule has 0 radical (unpaired) electrons. The number of amides is 2. The second-order valence-corrected chi connectivity index (χ2v) is 9.37. The molecule has 0 saturated heterocycles. The SMILES string of the molecule is C[n+]1c2ccccc2c(C(=O)Oc2ccccc2)c2cc(OCOCOCN3C(=O)C=CC3=O)ccc21.O=S(=O)([O-])F. The van der Waals surface area contributed by atoms with Gasteiger partial charge in [-0.25, -0.2) is 13.2 Å². The van der Waals surface area contributed by atoms with E-state index in [1.807, 2.05) is 48.0 Å². The van der Waals surface area contributed by atoms with Gasteiger partial charge in [-0.2, -0.15) is 4.57 Å². The Labute approximate surface area is 239 Å². The summed E-state index contributed by atoms with van der Waals surface area (Å²) in [6.07, 6.45) is 2.37. The Hall–Kier alpha value is -4.76. The number of para-hydroxylation sites is 2. The molecule has 0 saturated carbocycles. The van der Waals surface area contributed by atoms with Crippen LogP contribution in [-0.2, 0) is 36.6 Å². The molecular formula is C28H23FN2O10S. The van der Waals surface area contributed by atoms with Crippen molar-refractivity contribution in [3.8, 4) is 11.5 Å². The van der Waals surface area contributed by atoms with Gasteiger partial charge >= 0.3 is 5.97 Å². The van der Waals surface area contributed by atoms with E-state index in [1.54, 1.807) is 36.4 Å². The molecule has 1 aromatic heterocycles. The molecule has 3 aromatic carbocycles. The van der Waals surface area contributed by atoms with Crippen molar-refractivity contribution in [3.63, 3.8) is 0 Å². The van der Waals surface area contributed by atoms with Crippen LogP contribution < -0.4 is 14.0 Å². The highest BCUT2D eigenvalue weighted by atomic mass is 32.3. The monoisotopic (exact) mass is 598 g/mol. The van der Waals surface area contributed by atoms with E-state index in [1.165, 1.54) is 12.2 Å². The number of imide groups is 1. The normalized spacial score (nSPS) is 12.9. The van der Waals surface area contributed by atoms with E-state index in [0.717, 1.165) is 21.3 Å². The molecule has 4 aromatic rings. The van der Waals surface area contributed by atoms with Gasteiger partial charge in [0.25, 0.3) is 22.3 Å². The molecule has 1 aliphatic rings. The van der Waals surface area contributed by atoms with Crippen LogP contribution >= 0.6 is 0 Å². The zero-order chi connectivity index (χ0) is 30.3. The van der Waals surface area contributed by atoms with E-state index >= 15 is 0 Å². The lowest BCUT2D eigenvalue weighted by Gasteiger charge is -2.14. The third-order valence-corrected chi connectivity index (χ3v) is 5.89. The number of nitrogens with zero attached hydrogens (tertiary/aromatic N) is 2. The summed E-state index contributed by atoms with van der Waals surface area (Å²) >= 11 is 0. The van der Waals surface area contributed by atoms with Crippen LogP contribution in [0.3, 0.4) is 0 Å². The summed E-state index contributed by atoms with van der Waals surface area (Å²) in [6.45, 7) is -0.537. The number of hydrogen-bond acceptors (Lipinski definition) is 10. The smallest absolute Gasteiger partial charge is 0.345 e. The van der Waals surface area contributed by atoms with Gasteiger partial charge < -0.3 is 23.5 Å². The van der Waals surface area contributed by atoms with Gasteiger partial charge in [-0.1, -0.05) is 30.3 Å². The lowest BCUT2D eigenvalue weighted by atomic mass is 10.0. The first kappa shape index (κ1) is 30.2. The van der Waals surface area contributed by atoms with Gasteiger partial charge in [-0.3, -0.25) is 14.5 Å². The van der Waals surface area contributed by atoms with Gasteiger partial charge in [0.15, 0.2) is 13.6 Å². The van der Waals surface area contributed by atoms with Crippen molar-refractivity contribution < 1.29 is 54.8 Å². The predicted molar refractivity (Wildman–Crippen MR) is 143 cm³/mol.